The van der Waals surface area contributed by atoms with Crippen LogP contribution in [0.1, 0.15) is 126 Å². The fourth-order valence-corrected chi connectivity index (χ4v) is 10.4. The third kappa shape index (κ3) is 9.46. The van der Waals surface area contributed by atoms with E-state index in [1.165, 1.54) is 134 Å². The molecule has 0 N–H and O–H groups in total. The Morgan fingerprint density at radius 1 is 0.369 bits per heavy atom. The second kappa shape index (κ2) is 20.3. The van der Waals surface area contributed by atoms with E-state index >= 15 is 0 Å². The van der Waals surface area contributed by atoms with Crippen molar-refractivity contribution in [3.05, 3.63) is 168 Å². The average molecular weight is 853 g/mol. The summed E-state index contributed by atoms with van der Waals surface area (Å²) >= 11 is 0. The lowest BCUT2D eigenvalue weighted by Crippen LogP contribution is -2.25. The maximum absolute atomic E-state index is 5.47. The van der Waals surface area contributed by atoms with E-state index in [0.717, 1.165) is 45.0 Å². The van der Waals surface area contributed by atoms with Crippen LogP contribution in [0.3, 0.4) is 0 Å². The standard InChI is InChI=1S/C61H64N4/c1-5-7-9-11-13-21-37-61(38-22-14-12-10-8-6-2)53-39-43(3)33-35-50(53)51-36-34-47(40-54(51)61)57-42-58(52-32-24-30-48-44(4)25-23-31-49(48)52)65-60(64-57)59-62-55(45-26-17-15-18-27-45)41-56(63-59)46-28-19-16-20-29-46/h15-20,23-36,39-42H,5-14,21-22,37-38H2,1-4H3. The number of rotatable bonds is 19. The second-order valence-corrected chi connectivity index (χ2v) is 18.6. The van der Waals surface area contributed by atoms with Crippen LogP contribution in [-0.4, -0.2) is 19.9 Å². The number of unbranched alkanes of at least 4 members (excludes halogenated alkanes) is 10. The zero-order chi connectivity index (χ0) is 44.6. The van der Waals surface area contributed by atoms with Gasteiger partial charge in [0.1, 0.15) is 0 Å². The van der Waals surface area contributed by atoms with Crippen LogP contribution < -0.4 is 0 Å². The molecule has 0 radical (unpaired) electrons. The van der Waals surface area contributed by atoms with E-state index in [0.29, 0.717) is 11.6 Å². The number of fused-ring (bicyclic) bond motifs is 4. The van der Waals surface area contributed by atoms with Gasteiger partial charge in [-0.3, -0.25) is 0 Å². The van der Waals surface area contributed by atoms with Crippen molar-refractivity contribution in [2.24, 2.45) is 0 Å². The topological polar surface area (TPSA) is 51.6 Å². The molecule has 1 aliphatic rings. The molecule has 6 aromatic carbocycles. The Morgan fingerprint density at radius 2 is 0.862 bits per heavy atom. The molecule has 0 amide bonds. The van der Waals surface area contributed by atoms with E-state index in [2.05, 4.69) is 161 Å². The fraction of sp³-hybridized carbons (Fsp3) is 0.311. The Morgan fingerprint density at radius 3 is 1.48 bits per heavy atom. The first-order valence-electron chi connectivity index (χ1n) is 24.6. The van der Waals surface area contributed by atoms with Crippen molar-refractivity contribution in [3.8, 4) is 67.8 Å². The number of benzene rings is 6. The summed E-state index contributed by atoms with van der Waals surface area (Å²) in [4.78, 5) is 21.4. The zero-order valence-electron chi connectivity index (χ0n) is 39.0. The minimum Gasteiger partial charge on any atom is -0.225 e. The van der Waals surface area contributed by atoms with E-state index in [-0.39, 0.29) is 5.41 Å². The van der Waals surface area contributed by atoms with Crippen LogP contribution in [0.2, 0.25) is 0 Å². The predicted molar refractivity (Wildman–Crippen MR) is 274 cm³/mol. The molecule has 4 nitrogen and oxygen atoms in total. The first-order chi connectivity index (χ1) is 32.0. The lowest BCUT2D eigenvalue weighted by molar-refractivity contribution is 0.398. The summed E-state index contributed by atoms with van der Waals surface area (Å²) in [5.74, 6) is 1.02. The predicted octanol–water partition coefficient (Wildman–Crippen LogP) is 17.1. The molecule has 8 aromatic rings. The van der Waals surface area contributed by atoms with Gasteiger partial charge in [-0.05, 0) is 83.5 Å². The van der Waals surface area contributed by atoms with Crippen LogP contribution in [0.15, 0.2) is 146 Å². The van der Waals surface area contributed by atoms with Crippen molar-refractivity contribution in [1.29, 1.82) is 0 Å². The van der Waals surface area contributed by atoms with Gasteiger partial charge in [-0.25, -0.2) is 19.9 Å². The molecule has 0 aliphatic heterocycles. The molecular formula is C61H64N4. The summed E-state index contributed by atoms with van der Waals surface area (Å²) in [5, 5.41) is 2.39. The molecule has 0 unspecified atom stereocenters. The van der Waals surface area contributed by atoms with Crippen molar-refractivity contribution in [2.45, 2.75) is 123 Å². The summed E-state index contributed by atoms with van der Waals surface area (Å²) in [6.07, 6.45) is 17.9. The number of aryl methyl sites for hydroxylation is 2. The SMILES string of the molecule is CCCCCCCCC1(CCCCCCCC)c2cc(C)ccc2-c2ccc(-c3cc(-c4cccc5c(C)cccc45)nc(-c4nc(-c5ccccc5)cc(-c5ccccc5)n4)n3)cc21. The maximum Gasteiger partial charge on any atom is 0.198 e. The van der Waals surface area contributed by atoms with E-state index in [1.807, 2.05) is 12.1 Å². The lowest BCUT2D eigenvalue weighted by atomic mass is 9.70. The van der Waals surface area contributed by atoms with Gasteiger partial charge in [0.15, 0.2) is 11.6 Å². The molecule has 2 heterocycles. The van der Waals surface area contributed by atoms with Gasteiger partial charge >= 0.3 is 0 Å². The lowest BCUT2D eigenvalue weighted by Gasteiger charge is -2.33. The molecule has 0 fully saturated rings. The number of aromatic nitrogens is 4. The molecular weight excluding hydrogens is 789 g/mol. The summed E-state index contributed by atoms with van der Waals surface area (Å²) < 4.78 is 0. The maximum atomic E-state index is 5.47. The van der Waals surface area contributed by atoms with Crippen molar-refractivity contribution in [2.75, 3.05) is 0 Å². The van der Waals surface area contributed by atoms with Crippen molar-refractivity contribution >= 4 is 10.8 Å². The van der Waals surface area contributed by atoms with Crippen LogP contribution in [0, 0.1) is 13.8 Å². The van der Waals surface area contributed by atoms with Crippen LogP contribution in [0.4, 0.5) is 0 Å². The largest absolute Gasteiger partial charge is 0.225 e. The van der Waals surface area contributed by atoms with Crippen LogP contribution in [0.25, 0.3) is 78.6 Å². The van der Waals surface area contributed by atoms with Crippen LogP contribution in [-0.2, 0) is 5.41 Å². The molecule has 65 heavy (non-hydrogen) atoms. The van der Waals surface area contributed by atoms with Gasteiger partial charge in [0, 0.05) is 27.7 Å². The molecule has 0 saturated heterocycles. The van der Waals surface area contributed by atoms with Gasteiger partial charge in [0.2, 0.25) is 0 Å². The third-order valence-electron chi connectivity index (χ3n) is 13.9. The Labute approximate surface area is 387 Å². The van der Waals surface area contributed by atoms with Gasteiger partial charge in [0.05, 0.1) is 22.8 Å². The summed E-state index contributed by atoms with van der Waals surface area (Å²) in [6, 6.07) is 52.6. The zero-order valence-corrected chi connectivity index (χ0v) is 39.0. The number of hydrogen-bond acceptors (Lipinski definition) is 4. The highest BCUT2D eigenvalue weighted by molar-refractivity contribution is 5.98. The van der Waals surface area contributed by atoms with Crippen molar-refractivity contribution in [3.63, 3.8) is 0 Å². The summed E-state index contributed by atoms with van der Waals surface area (Å²) in [5.41, 5.74) is 16.0. The fourth-order valence-electron chi connectivity index (χ4n) is 10.4. The normalized spacial score (nSPS) is 12.7. The molecule has 4 heteroatoms. The highest BCUT2D eigenvalue weighted by Gasteiger charge is 2.42. The summed E-state index contributed by atoms with van der Waals surface area (Å²) in [7, 11) is 0. The minimum atomic E-state index is -0.0498. The van der Waals surface area contributed by atoms with E-state index in [1.54, 1.807) is 0 Å². The molecule has 0 spiro atoms. The molecule has 328 valence electrons. The van der Waals surface area contributed by atoms with E-state index in [9.17, 15) is 0 Å². The van der Waals surface area contributed by atoms with Gasteiger partial charge < -0.3 is 0 Å². The van der Waals surface area contributed by atoms with E-state index in [4.69, 9.17) is 19.9 Å². The smallest absolute Gasteiger partial charge is 0.198 e. The van der Waals surface area contributed by atoms with Crippen LogP contribution >= 0.6 is 0 Å². The molecule has 0 bridgehead atoms. The Kier molecular flexibility index (Phi) is 13.7. The minimum absolute atomic E-state index is 0.0498. The Bertz CT molecular complexity index is 2810. The molecule has 1 aliphatic carbocycles. The first kappa shape index (κ1) is 44.0. The summed E-state index contributed by atoms with van der Waals surface area (Å²) in [6.45, 7) is 9.08. The Hall–Kier alpha value is -6.26. The van der Waals surface area contributed by atoms with Gasteiger partial charge in [-0.2, -0.15) is 0 Å². The number of nitrogens with zero attached hydrogens (tertiary/aromatic N) is 4. The molecule has 2 aromatic heterocycles. The van der Waals surface area contributed by atoms with Gasteiger partial charge in [0.25, 0.3) is 0 Å². The van der Waals surface area contributed by atoms with E-state index < -0.39 is 0 Å². The van der Waals surface area contributed by atoms with Crippen molar-refractivity contribution < 1.29 is 0 Å². The van der Waals surface area contributed by atoms with Gasteiger partial charge in [-0.15, -0.1) is 0 Å². The molecule has 0 atom stereocenters. The monoisotopic (exact) mass is 853 g/mol. The highest BCUT2D eigenvalue weighted by Crippen LogP contribution is 2.55. The highest BCUT2D eigenvalue weighted by atomic mass is 15.0. The first-order valence-corrected chi connectivity index (χ1v) is 24.6. The van der Waals surface area contributed by atoms with Crippen LogP contribution in [0.5, 0.6) is 0 Å². The molecule has 0 saturated carbocycles. The third-order valence-corrected chi connectivity index (χ3v) is 13.9. The quantitative estimate of drug-likeness (QED) is 0.0761. The number of hydrogen-bond donors (Lipinski definition) is 0. The average Bonchev–Trinajstić information content (AvgIpc) is 3.61. The molecule has 9 rings (SSSR count). The second-order valence-electron chi connectivity index (χ2n) is 18.6. The van der Waals surface area contributed by atoms with Gasteiger partial charge in [-0.1, -0.05) is 224 Å². The Balaban J connectivity index is 1.22. The van der Waals surface area contributed by atoms with Crippen molar-refractivity contribution in [1.82, 2.24) is 19.9 Å².